The van der Waals surface area contributed by atoms with Gasteiger partial charge in [-0.25, -0.2) is 4.79 Å². The number of aromatic hydroxyl groups is 1. The van der Waals surface area contributed by atoms with Crippen molar-refractivity contribution in [3.05, 3.63) is 59.2 Å². The number of phenolic OH excluding ortho intramolecular Hbond substituents is 1. The van der Waals surface area contributed by atoms with E-state index in [9.17, 15) is 15.0 Å². The maximum atomic E-state index is 11.1. The standard InChI is InChI=1S/C16H14O5/c17-8-13-12-7-10(16(19)20)3-6-14(12)21-15(13)9-1-4-11(18)5-2-9/h1-7,13,15,17-18H,8H2,(H,19,20)/t13-,15+/m0/s1. The molecule has 5 heteroatoms. The molecule has 0 saturated carbocycles. The quantitative estimate of drug-likeness (QED) is 0.806. The Kier molecular flexibility index (Phi) is 3.27. The SMILES string of the molecule is O=C(O)c1ccc2c(c1)[C@H](CO)[C@@H](c1ccc(O)cc1)O2. The number of ether oxygens (including phenoxy) is 1. The molecule has 1 aliphatic heterocycles. The lowest BCUT2D eigenvalue weighted by molar-refractivity contribution is 0.0696. The number of aliphatic hydroxyl groups is 1. The molecule has 0 bridgehead atoms. The van der Waals surface area contributed by atoms with Gasteiger partial charge in [-0.15, -0.1) is 0 Å². The van der Waals surface area contributed by atoms with E-state index >= 15 is 0 Å². The molecule has 0 amide bonds. The van der Waals surface area contributed by atoms with Gasteiger partial charge in [-0.05, 0) is 35.9 Å². The van der Waals surface area contributed by atoms with Crippen molar-refractivity contribution in [3.63, 3.8) is 0 Å². The summed E-state index contributed by atoms with van der Waals surface area (Å²) in [6, 6.07) is 11.2. The molecule has 0 aliphatic carbocycles. The van der Waals surface area contributed by atoms with Crippen LogP contribution in [0.4, 0.5) is 0 Å². The summed E-state index contributed by atoms with van der Waals surface area (Å²) in [5.41, 5.74) is 1.68. The van der Waals surface area contributed by atoms with E-state index in [1.807, 2.05) is 0 Å². The summed E-state index contributed by atoms with van der Waals surface area (Å²) in [4.78, 5) is 11.1. The third-order valence-corrected chi connectivity index (χ3v) is 3.69. The van der Waals surface area contributed by atoms with Gasteiger partial charge in [0.2, 0.25) is 0 Å². The molecule has 2 atom stereocenters. The molecule has 3 N–H and O–H groups in total. The summed E-state index contributed by atoms with van der Waals surface area (Å²) < 4.78 is 5.84. The minimum atomic E-state index is -1.01. The van der Waals surface area contributed by atoms with E-state index in [0.29, 0.717) is 11.3 Å². The number of carboxylic acids is 1. The molecule has 0 saturated heterocycles. The first-order chi connectivity index (χ1) is 10.1. The zero-order valence-corrected chi connectivity index (χ0v) is 11.1. The Bertz CT molecular complexity index is 678. The molecular weight excluding hydrogens is 272 g/mol. The lowest BCUT2D eigenvalue weighted by Crippen LogP contribution is -2.13. The van der Waals surface area contributed by atoms with Crippen LogP contribution in [-0.2, 0) is 0 Å². The summed E-state index contributed by atoms with van der Waals surface area (Å²) in [6.07, 6.45) is -0.394. The van der Waals surface area contributed by atoms with Gasteiger partial charge in [0.25, 0.3) is 0 Å². The van der Waals surface area contributed by atoms with Crippen molar-refractivity contribution in [2.45, 2.75) is 12.0 Å². The molecule has 5 nitrogen and oxygen atoms in total. The van der Waals surface area contributed by atoms with Crippen LogP contribution in [0.15, 0.2) is 42.5 Å². The van der Waals surface area contributed by atoms with Gasteiger partial charge in [-0.3, -0.25) is 0 Å². The average Bonchev–Trinajstić information content (AvgIpc) is 2.85. The monoisotopic (exact) mass is 286 g/mol. The first kappa shape index (κ1) is 13.5. The largest absolute Gasteiger partial charge is 0.508 e. The minimum absolute atomic E-state index is 0.151. The number of benzene rings is 2. The first-order valence-electron chi connectivity index (χ1n) is 6.54. The van der Waals surface area contributed by atoms with Crippen LogP contribution in [0.25, 0.3) is 0 Å². The number of aliphatic hydroxyl groups excluding tert-OH is 1. The van der Waals surface area contributed by atoms with Crippen LogP contribution in [0.2, 0.25) is 0 Å². The second-order valence-electron chi connectivity index (χ2n) is 4.98. The zero-order valence-electron chi connectivity index (χ0n) is 11.1. The molecule has 0 spiro atoms. The van der Waals surface area contributed by atoms with E-state index in [-0.39, 0.29) is 23.8 Å². The van der Waals surface area contributed by atoms with Crippen molar-refractivity contribution in [2.75, 3.05) is 6.61 Å². The highest BCUT2D eigenvalue weighted by Gasteiger charge is 2.35. The Balaban J connectivity index is 1.99. The van der Waals surface area contributed by atoms with Crippen molar-refractivity contribution < 1.29 is 24.9 Å². The lowest BCUT2D eigenvalue weighted by Gasteiger charge is -2.17. The van der Waals surface area contributed by atoms with Gasteiger partial charge in [0.15, 0.2) is 0 Å². The van der Waals surface area contributed by atoms with Crippen LogP contribution >= 0.6 is 0 Å². The van der Waals surface area contributed by atoms with Crippen LogP contribution < -0.4 is 4.74 Å². The molecule has 2 aromatic carbocycles. The number of hydrogen-bond acceptors (Lipinski definition) is 4. The Labute approximate surface area is 121 Å². The summed E-state index contributed by atoms with van der Waals surface area (Å²) >= 11 is 0. The molecule has 0 aromatic heterocycles. The number of aromatic carboxylic acids is 1. The number of carbonyl (C=O) groups is 1. The average molecular weight is 286 g/mol. The predicted octanol–water partition coefficient (Wildman–Crippen LogP) is 2.30. The number of rotatable bonds is 3. The molecule has 0 unspecified atom stereocenters. The van der Waals surface area contributed by atoms with E-state index in [1.54, 1.807) is 36.4 Å². The van der Waals surface area contributed by atoms with Crippen molar-refractivity contribution in [1.82, 2.24) is 0 Å². The Morgan fingerprint density at radius 2 is 1.86 bits per heavy atom. The van der Waals surface area contributed by atoms with Gasteiger partial charge in [0, 0.05) is 5.56 Å². The number of fused-ring (bicyclic) bond motifs is 1. The second-order valence-corrected chi connectivity index (χ2v) is 4.98. The van der Waals surface area contributed by atoms with Crippen LogP contribution in [0, 0.1) is 0 Å². The van der Waals surface area contributed by atoms with Crippen LogP contribution in [0.1, 0.15) is 33.5 Å². The predicted molar refractivity (Wildman–Crippen MR) is 74.7 cm³/mol. The highest BCUT2D eigenvalue weighted by molar-refractivity contribution is 5.88. The Morgan fingerprint density at radius 3 is 2.48 bits per heavy atom. The summed E-state index contributed by atoms with van der Waals surface area (Å²) in [5.74, 6) is -0.605. The first-order valence-corrected chi connectivity index (χ1v) is 6.54. The molecule has 0 radical (unpaired) electrons. The van der Waals surface area contributed by atoms with E-state index < -0.39 is 12.1 Å². The topological polar surface area (TPSA) is 87.0 Å². The van der Waals surface area contributed by atoms with E-state index in [4.69, 9.17) is 9.84 Å². The smallest absolute Gasteiger partial charge is 0.335 e. The third-order valence-electron chi connectivity index (χ3n) is 3.69. The number of phenols is 1. The lowest BCUT2D eigenvalue weighted by atomic mass is 9.91. The molecule has 21 heavy (non-hydrogen) atoms. The van der Waals surface area contributed by atoms with E-state index in [0.717, 1.165) is 5.56 Å². The molecule has 3 rings (SSSR count). The van der Waals surface area contributed by atoms with Crippen LogP contribution in [0.5, 0.6) is 11.5 Å². The fourth-order valence-electron chi connectivity index (χ4n) is 2.62. The van der Waals surface area contributed by atoms with Gasteiger partial charge in [-0.1, -0.05) is 12.1 Å². The number of hydrogen-bond donors (Lipinski definition) is 3. The van der Waals surface area contributed by atoms with E-state index in [2.05, 4.69) is 0 Å². The Morgan fingerprint density at radius 1 is 1.14 bits per heavy atom. The fraction of sp³-hybridized carbons (Fsp3) is 0.188. The number of carboxylic acid groups (broad SMARTS) is 1. The normalized spacial score (nSPS) is 19.9. The summed E-state index contributed by atoms with van der Waals surface area (Å²) in [5, 5.41) is 28.0. The maximum Gasteiger partial charge on any atom is 0.335 e. The highest BCUT2D eigenvalue weighted by atomic mass is 16.5. The molecule has 1 aliphatic rings. The van der Waals surface area contributed by atoms with Gasteiger partial charge < -0.3 is 20.1 Å². The van der Waals surface area contributed by atoms with Crippen molar-refractivity contribution >= 4 is 5.97 Å². The molecule has 108 valence electrons. The van der Waals surface area contributed by atoms with Gasteiger partial charge in [0.1, 0.15) is 17.6 Å². The van der Waals surface area contributed by atoms with Gasteiger partial charge in [-0.2, -0.15) is 0 Å². The zero-order chi connectivity index (χ0) is 15.0. The van der Waals surface area contributed by atoms with Crippen LogP contribution in [-0.4, -0.2) is 27.9 Å². The molecule has 1 heterocycles. The Hall–Kier alpha value is -2.53. The fourth-order valence-corrected chi connectivity index (χ4v) is 2.62. The highest BCUT2D eigenvalue weighted by Crippen LogP contribution is 2.46. The van der Waals surface area contributed by atoms with Crippen molar-refractivity contribution in [3.8, 4) is 11.5 Å². The van der Waals surface area contributed by atoms with E-state index in [1.165, 1.54) is 6.07 Å². The van der Waals surface area contributed by atoms with Crippen molar-refractivity contribution in [2.24, 2.45) is 0 Å². The summed E-state index contributed by atoms with van der Waals surface area (Å²) in [7, 11) is 0. The van der Waals surface area contributed by atoms with Crippen LogP contribution in [0.3, 0.4) is 0 Å². The van der Waals surface area contributed by atoms with Crippen molar-refractivity contribution in [1.29, 1.82) is 0 Å². The maximum absolute atomic E-state index is 11.1. The molecule has 0 fully saturated rings. The third kappa shape index (κ3) is 2.32. The minimum Gasteiger partial charge on any atom is -0.508 e. The summed E-state index contributed by atoms with van der Waals surface area (Å²) in [6.45, 7) is -0.151. The second kappa shape index (κ2) is 5.10. The molecule has 2 aromatic rings. The van der Waals surface area contributed by atoms with Gasteiger partial charge >= 0.3 is 5.97 Å². The van der Waals surface area contributed by atoms with Gasteiger partial charge in [0.05, 0.1) is 18.1 Å². The molecular formula is C16H14O5.